The van der Waals surface area contributed by atoms with E-state index in [2.05, 4.69) is 29.3 Å². The first-order chi connectivity index (χ1) is 11.7. The Balaban J connectivity index is 1.73. The predicted molar refractivity (Wildman–Crippen MR) is 95.6 cm³/mol. The van der Waals surface area contributed by atoms with Gasteiger partial charge in [-0.15, -0.1) is 0 Å². The number of aliphatic imine (C=N–C) groups is 1. The fourth-order valence-electron chi connectivity index (χ4n) is 4.18. The number of unbranched alkanes of at least 4 members (excludes halogenated alkanes) is 1. The summed E-state index contributed by atoms with van der Waals surface area (Å²) in [6, 6.07) is 1.01. The summed E-state index contributed by atoms with van der Waals surface area (Å²) in [5, 5.41) is 3.36. The Hall–Kier alpha value is -1.78. The second-order valence-corrected chi connectivity index (χ2v) is 6.99. The second kappa shape index (κ2) is 7.41. The fourth-order valence-corrected chi connectivity index (χ4v) is 4.18. The first kappa shape index (κ1) is 17.1. The highest BCUT2D eigenvalue weighted by Crippen LogP contribution is 2.38. The number of esters is 1. The summed E-state index contributed by atoms with van der Waals surface area (Å²) in [6.45, 7) is 4.16. The Bertz CT molecular complexity index is 579. The lowest BCUT2D eigenvalue weighted by molar-refractivity contribution is -0.136. The Labute approximate surface area is 144 Å². The molecule has 24 heavy (non-hydrogen) atoms. The van der Waals surface area contributed by atoms with E-state index in [9.17, 15) is 4.79 Å². The van der Waals surface area contributed by atoms with Crippen LogP contribution in [0.25, 0.3) is 0 Å². The van der Waals surface area contributed by atoms with Gasteiger partial charge in [-0.25, -0.2) is 9.79 Å². The minimum absolute atomic E-state index is 0.132. The lowest BCUT2D eigenvalue weighted by atomic mass is 9.99. The third-order valence-electron chi connectivity index (χ3n) is 5.33. The molecule has 0 bridgehead atoms. The van der Waals surface area contributed by atoms with Gasteiger partial charge in [0.1, 0.15) is 0 Å². The third-order valence-corrected chi connectivity index (χ3v) is 5.33. The highest BCUT2D eigenvalue weighted by atomic mass is 16.5. The van der Waals surface area contributed by atoms with Gasteiger partial charge in [-0.05, 0) is 45.4 Å². The third kappa shape index (κ3) is 3.21. The zero-order valence-electron chi connectivity index (χ0n) is 15.0. The smallest absolute Gasteiger partial charge is 0.337 e. The zero-order valence-corrected chi connectivity index (χ0v) is 15.0. The van der Waals surface area contributed by atoms with Crippen molar-refractivity contribution in [1.82, 2.24) is 10.2 Å². The number of ether oxygens (including phenoxy) is 1. The maximum absolute atomic E-state index is 12.1. The number of nitrogens with one attached hydrogen (secondary N) is 1. The SMILES string of the molecule is CCC/C=C/CC[C@H]1C[C@H]2CC[C@H]3C(C(=O)OC)=C(C)NC(=N1)N23. The van der Waals surface area contributed by atoms with Crippen LogP contribution in [-0.2, 0) is 9.53 Å². The van der Waals surface area contributed by atoms with Crippen LogP contribution in [0.4, 0.5) is 0 Å². The maximum atomic E-state index is 12.1. The zero-order chi connectivity index (χ0) is 17.1. The van der Waals surface area contributed by atoms with Gasteiger partial charge in [0.05, 0.1) is 24.8 Å². The fraction of sp³-hybridized carbons (Fsp3) is 0.684. The quantitative estimate of drug-likeness (QED) is 0.600. The minimum Gasteiger partial charge on any atom is -0.466 e. The Morgan fingerprint density at radius 1 is 1.38 bits per heavy atom. The number of hydrogen-bond acceptors (Lipinski definition) is 5. The van der Waals surface area contributed by atoms with E-state index >= 15 is 0 Å². The molecule has 0 aromatic rings. The van der Waals surface area contributed by atoms with Crippen molar-refractivity contribution in [2.24, 2.45) is 4.99 Å². The summed E-state index contributed by atoms with van der Waals surface area (Å²) >= 11 is 0. The molecule has 3 rings (SSSR count). The van der Waals surface area contributed by atoms with Crippen molar-refractivity contribution in [3.05, 3.63) is 23.4 Å². The van der Waals surface area contributed by atoms with E-state index in [1.165, 1.54) is 20.0 Å². The lowest BCUT2D eigenvalue weighted by Crippen LogP contribution is -2.56. The van der Waals surface area contributed by atoms with E-state index in [1.54, 1.807) is 0 Å². The molecule has 3 aliphatic heterocycles. The predicted octanol–water partition coefficient (Wildman–Crippen LogP) is 3.13. The molecule has 0 amide bonds. The Morgan fingerprint density at radius 2 is 2.17 bits per heavy atom. The van der Waals surface area contributed by atoms with E-state index in [4.69, 9.17) is 9.73 Å². The van der Waals surface area contributed by atoms with Gasteiger partial charge in [0.15, 0.2) is 5.96 Å². The summed E-state index contributed by atoms with van der Waals surface area (Å²) in [7, 11) is 1.46. The minimum atomic E-state index is -0.215. The molecule has 1 saturated heterocycles. The van der Waals surface area contributed by atoms with Crippen LogP contribution >= 0.6 is 0 Å². The average Bonchev–Trinajstić information content (AvgIpc) is 2.99. The van der Waals surface area contributed by atoms with Crippen molar-refractivity contribution in [3.8, 4) is 0 Å². The molecule has 1 fully saturated rings. The van der Waals surface area contributed by atoms with Gasteiger partial charge >= 0.3 is 5.97 Å². The first-order valence-electron chi connectivity index (χ1n) is 9.23. The molecule has 0 aromatic carbocycles. The topological polar surface area (TPSA) is 53.9 Å². The highest BCUT2D eigenvalue weighted by molar-refractivity contribution is 5.96. The van der Waals surface area contributed by atoms with Gasteiger partial charge in [0.2, 0.25) is 0 Å². The average molecular weight is 331 g/mol. The van der Waals surface area contributed by atoms with E-state index < -0.39 is 0 Å². The van der Waals surface area contributed by atoms with Crippen molar-refractivity contribution in [3.63, 3.8) is 0 Å². The molecule has 3 aliphatic rings. The second-order valence-electron chi connectivity index (χ2n) is 6.99. The molecule has 5 heteroatoms. The number of allylic oxidation sites excluding steroid dienone is 3. The van der Waals surface area contributed by atoms with Crippen LogP contribution in [0.1, 0.15) is 58.8 Å². The van der Waals surface area contributed by atoms with Crippen molar-refractivity contribution in [1.29, 1.82) is 0 Å². The monoisotopic (exact) mass is 331 g/mol. The van der Waals surface area contributed by atoms with Crippen LogP contribution in [0.3, 0.4) is 0 Å². The van der Waals surface area contributed by atoms with E-state index in [1.807, 2.05) is 6.92 Å². The van der Waals surface area contributed by atoms with Crippen LogP contribution in [0, 0.1) is 0 Å². The molecule has 3 heterocycles. The summed E-state index contributed by atoms with van der Waals surface area (Å²) in [6.07, 6.45) is 12.4. The number of hydrogen-bond donors (Lipinski definition) is 1. The molecule has 0 unspecified atom stereocenters. The number of methoxy groups -OCH3 is 1. The molecular formula is C19H29N3O2. The number of carbonyl (C=O) groups excluding carboxylic acids is 1. The molecule has 132 valence electrons. The molecule has 3 atom stereocenters. The Morgan fingerprint density at radius 3 is 2.92 bits per heavy atom. The number of carbonyl (C=O) groups is 1. The van der Waals surface area contributed by atoms with Crippen LogP contribution in [0.5, 0.6) is 0 Å². The number of nitrogens with zero attached hydrogens (tertiary/aromatic N) is 2. The first-order valence-corrected chi connectivity index (χ1v) is 9.23. The number of guanidine groups is 1. The summed E-state index contributed by atoms with van der Waals surface area (Å²) in [4.78, 5) is 19.4. The highest BCUT2D eigenvalue weighted by Gasteiger charge is 2.46. The van der Waals surface area contributed by atoms with Crippen molar-refractivity contribution in [2.45, 2.75) is 76.9 Å². The molecular weight excluding hydrogens is 302 g/mol. The Kier molecular flexibility index (Phi) is 5.27. The molecule has 0 saturated carbocycles. The van der Waals surface area contributed by atoms with Gasteiger partial charge in [-0.3, -0.25) is 0 Å². The van der Waals surface area contributed by atoms with Gasteiger partial charge in [0, 0.05) is 11.7 Å². The number of rotatable bonds is 6. The molecule has 0 aliphatic carbocycles. The summed E-state index contributed by atoms with van der Waals surface area (Å²) < 4.78 is 4.99. The van der Waals surface area contributed by atoms with E-state index in [-0.39, 0.29) is 12.0 Å². The van der Waals surface area contributed by atoms with Crippen molar-refractivity contribution < 1.29 is 9.53 Å². The summed E-state index contributed by atoms with van der Waals surface area (Å²) in [5.74, 6) is 0.745. The molecule has 0 aromatic heterocycles. The van der Waals surface area contributed by atoms with Gasteiger partial charge in [-0.1, -0.05) is 25.5 Å². The molecule has 5 nitrogen and oxygen atoms in total. The van der Waals surface area contributed by atoms with Crippen LogP contribution in [0.15, 0.2) is 28.4 Å². The molecule has 0 spiro atoms. The van der Waals surface area contributed by atoms with Crippen LogP contribution < -0.4 is 5.32 Å². The van der Waals surface area contributed by atoms with Crippen molar-refractivity contribution in [2.75, 3.05) is 7.11 Å². The van der Waals surface area contributed by atoms with E-state index in [0.717, 1.165) is 49.3 Å². The molecule has 0 radical (unpaired) electrons. The van der Waals surface area contributed by atoms with Crippen molar-refractivity contribution >= 4 is 11.9 Å². The van der Waals surface area contributed by atoms with Gasteiger partial charge in [0.25, 0.3) is 0 Å². The normalized spacial score (nSPS) is 28.7. The van der Waals surface area contributed by atoms with Gasteiger partial charge < -0.3 is 15.0 Å². The van der Waals surface area contributed by atoms with Crippen LogP contribution in [-0.4, -0.2) is 42.1 Å². The molecule has 1 N–H and O–H groups in total. The van der Waals surface area contributed by atoms with Gasteiger partial charge in [-0.2, -0.15) is 0 Å². The maximum Gasteiger partial charge on any atom is 0.337 e. The standard InChI is InChI=1S/C19H29N3O2/c1-4-5-6-7-8-9-14-12-15-10-11-16-17(18(23)24-3)13(2)20-19(21-14)22(15)16/h6-7,14-16H,4-5,8-12H2,1-3H3,(H,20,21)/b7-6+/t14-,15+,16-/m0/s1. The van der Waals surface area contributed by atoms with Crippen LogP contribution in [0.2, 0.25) is 0 Å². The largest absolute Gasteiger partial charge is 0.466 e. The van der Waals surface area contributed by atoms with E-state index in [0.29, 0.717) is 12.1 Å². The summed E-state index contributed by atoms with van der Waals surface area (Å²) in [5.41, 5.74) is 1.67. The lowest BCUT2D eigenvalue weighted by Gasteiger charge is -2.42.